The molecule has 16 rings (SSSR count). The summed E-state index contributed by atoms with van der Waals surface area (Å²) >= 11 is 0. The maximum Gasteiger partial charge on any atom is 0.143 e. The smallest absolute Gasteiger partial charge is 0.143 e. The first-order valence-corrected chi connectivity index (χ1v) is 22.1. The molecule has 2 aromatic heterocycles. The van der Waals surface area contributed by atoms with Gasteiger partial charge in [-0.15, -0.1) is 0 Å². The lowest BCUT2D eigenvalue weighted by Gasteiger charge is -2.19. The highest BCUT2D eigenvalue weighted by Gasteiger charge is 2.28. The minimum atomic E-state index is 0.900. The van der Waals surface area contributed by atoms with Gasteiger partial charge >= 0.3 is 0 Å². The lowest BCUT2D eigenvalue weighted by Crippen LogP contribution is -1.92. The van der Waals surface area contributed by atoms with Gasteiger partial charge in [0.1, 0.15) is 22.3 Å². The Morgan fingerprint density at radius 1 is 0.203 bits per heavy atom. The molecule has 0 saturated heterocycles. The van der Waals surface area contributed by atoms with Crippen LogP contribution in [0.2, 0.25) is 0 Å². The molecule has 292 valence electrons. The van der Waals surface area contributed by atoms with E-state index in [1.807, 2.05) is 0 Å². The molecule has 0 bridgehead atoms. The van der Waals surface area contributed by atoms with E-state index in [9.17, 15) is 0 Å². The van der Waals surface area contributed by atoms with Gasteiger partial charge in [0.25, 0.3) is 0 Å². The lowest BCUT2D eigenvalue weighted by molar-refractivity contribution is 0.669. The molecule has 14 aromatic rings. The fourth-order valence-electron chi connectivity index (χ4n) is 12.0. The summed E-state index contributed by atoms with van der Waals surface area (Å²) in [6.07, 6.45) is 0. The number of benzene rings is 12. The zero-order chi connectivity index (χ0) is 41.4. The molecule has 0 amide bonds. The minimum Gasteiger partial charge on any atom is -0.455 e. The number of para-hydroxylation sites is 4. The van der Waals surface area contributed by atoms with Gasteiger partial charge in [0.2, 0.25) is 0 Å². The highest BCUT2D eigenvalue weighted by molar-refractivity contribution is 6.30. The van der Waals surface area contributed by atoms with E-state index in [4.69, 9.17) is 8.83 Å². The monoisotopic (exact) mass is 808 g/mol. The van der Waals surface area contributed by atoms with Gasteiger partial charge < -0.3 is 8.83 Å². The second kappa shape index (κ2) is 11.7. The van der Waals surface area contributed by atoms with Crippen LogP contribution in [0.25, 0.3) is 165 Å². The summed E-state index contributed by atoms with van der Waals surface area (Å²) in [5.74, 6) is 0. The zero-order valence-corrected chi connectivity index (χ0v) is 34.3. The van der Waals surface area contributed by atoms with Crippen molar-refractivity contribution in [3.8, 4) is 66.8 Å². The first-order valence-electron chi connectivity index (χ1n) is 22.1. The predicted molar refractivity (Wildman–Crippen MR) is 268 cm³/mol. The molecule has 0 aliphatic heterocycles. The highest BCUT2D eigenvalue weighted by Crippen LogP contribution is 2.55. The quantitative estimate of drug-likeness (QED) is 0.163. The summed E-state index contributed by atoms with van der Waals surface area (Å²) in [5.41, 5.74) is 18.4. The van der Waals surface area contributed by atoms with E-state index in [-0.39, 0.29) is 0 Å². The third-order valence-electron chi connectivity index (χ3n) is 14.7. The number of hydrogen-bond donors (Lipinski definition) is 0. The van der Waals surface area contributed by atoms with E-state index in [0.717, 1.165) is 66.1 Å². The van der Waals surface area contributed by atoms with Gasteiger partial charge in [0.05, 0.1) is 0 Å². The van der Waals surface area contributed by atoms with Crippen LogP contribution >= 0.6 is 0 Å². The van der Waals surface area contributed by atoms with E-state index in [2.05, 4.69) is 194 Å². The highest BCUT2D eigenvalue weighted by atomic mass is 16.3. The van der Waals surface area contributed by atoms with E-state index in [0.29, 0.717) is 0 Å². The number of furan rings is 2. The Labute approximate surface area is 365 Å². The summed E-state index contributed by atoms with van der Waals surface area (Å²) in [4.78, 5) is 0. The Balaban J connectivity index is 1.11. The van der Waals surface area contributed by atoms with Crippen LogP contribution in [0.3, 0.4) is 0 Å². The van der Waals surface area contributed by atoms with Crippen molar-refractivity contribution in [2.45, 2.75) is 0 Å². The van der Waals surface area contributed by atoms with Gasteiger partial charge in [-0.1, -0.05) is 146 Å². The number of rotatable bonds is 2. The SMILES string of the molecule is c1cc2c3c(cccc3c1)-c1cc3c(cc1-2)c(-c1cccc2c1oc1ccccc12)cc1c2cc4c(cc2c(-c2cccc5c2oc2ccccc25)cc31)-c1cccc2cccc-4c12. The van der Waals surface area contributed by atoms with Crippen LogP contribution in [0.5, 0.6) is 0 Å². The molecule has 2 heterocycles. The van der Waals surface area contributed by atoms with E-state index < -0.39 is 0 Å². The maximum absolute atomic E-state index is 6.84. The zero-order valence-electron chi connectivity index (χ0n) is 34.3. The minimum absolute atomic E-state index is 0.900. The Morgan fingerprint density at radius 3 is 0.938 bits per heavy atom. The van der Waals surface area contributed by atoms with Crippen LogP contribution in [0.15, 0.2) is 203 Å². The molecule has 0 saturated carbocycles. The fourth-order valence-corrected chi connectivity index (χ4v) is 12.0. The van der Waals surface area contributed by atoms with Gasteiger partial charge in [0, 0.05) is 32.7 Å². The standard InChI is InChI=1S/C62H32O2/c1-3-25-57-35(15-1)41-21-9-23-43(61(41)63-57)49-31-55-54-30-48-40-20-8-14-34-12-6-18-38(60(34)40)46(48)28-52(54)50(44-24-10-22-42-36-16-2-4-26-58(36)64-62(42)44)32-56(55)53-29-47-39-19-7-13-33-11-5-17-37(59(33)39)45(47)27-51(49)53/h1-32H. The van der Waals surface area contributed by atoms with Crippen LogP contribution in [-0.2, 0) is 0 Å². The Bertz CT molecular complexity index is 4180. The second-order valence-electron chi connectivity index (χ2n) is 17.8. The summed E-state index contributed by atoms with van der Waals surface area (Å²) in [5, 5.41) is 17.0. The van der Waals surface area contributed by atoms with Gasteiger partial charge in [-0.3, -0.25) is 0 Å². The summed E-state index contributed by atoms with van der Waals surface area (Å²) in [6, 6.07) is 72.0. The molecule has 0 N–H and O–H groups in total. The molecular weight excluding hydrogens is 777 g/mol. The summed E-state index contributed by atoms with van der Waals surface area (Å²) in [6.45, 7) is 0. The van der Waals surface area contributed by atoms with Gasteiger partial charge in [-0.2, -0.15) is 0 Å². The third-order valence-corrected chi connectivity index (χ3v) is 14.7. The molecule has 0 radical (unpaired) electrons. The topological polar surface area (TPSA) is 26.3 Å². The molecule has 12 aromatic carbocycles. The van der Waals surface area contributed by atoms with Crippen LogP contribution in [0.4, 0.5) is 0 Å². The summed E-state index contributed by atoms with van der Waals surface area (Å²) < 4.78 is 13.7. The molecule has 2 nitrogen and oxygen atoms in total. The van der Waals surface area contributed by atoms with Crippen LogP contribution in [0, 0.1) is 0 Å². The maximum atomic E-state index is 6.84. The average molecular weight is 809 g/mol. The Hall–Kier alpha value is -8.46. The van der Waals surface area contributed by atoms with E-state index >= 15 is 0 Å². The van der Waals surface area contributed by atoms with Gasteiger partial charge in [-0.05, 0) is 158 Å². The normalized spacial score (nSPS) is 12.7. The van der Waals surface area contributed by atoms with Crippen molar-refractivity contribution in [2.24, 2.45) is 0 Å². The molecule has 0 atom stereocenters. The molecular formula is C62H32O2. The average Bonchev–Trinajstić information content (AvgIpc) is 4.10. The first kappa shape index (κ1) is 33.2. The molecule has 0 unspecified atom stereocenters. The molecule has 2 aliphatic carbocycles. The number of hydrogen-bond acceptors (Lipinski definition) is 2. The Kier molecular flexibility index (Phi) is 6.08. The summed E-state index contributed by atoms with van der Waals surface area (Å²) in [7, 11) is 0. The Morgan fingerprint density at radius 2 is 0.516 bits per heavy atom. The van der Waals surface area contributed by atoms with Crippen LogP contribution < -0.4 is 0 Å². The lowest BCUT2D eigenvalue weighted by atomic mass is 9.84. The largest absolute Gasteiger partial charge is 0.455 e. The van der Waals surface area contributed by atoms with Crippen molar-refractivity contribution in [3.05, 3.63) is 194 Å². The molecule has 64 heavy (non-hydrogen) atoms. The van der Waals surface area contributed by atoms with E-state index in [1.54, 1.807) is 0 Å². The molecule has 2 aliphatic rings. The van der Waals surface area contributed by atoms with Crippen molar-refractivity contribution < 1.29 is 8.83 Å². The molecule has 2 heteroatoms. The fraction of sp³-hybridized carbons (Fsp3) is 0. The predicted octanol–water partition coefficient (Wildman–Crippen LogP) is 17.9. The first-order chi connectivity index (χ1) is 31.7. The van der Waals surface area contributed by atoms with Crippen molar-refractivity contribution >= 4 is 97.7 Å². The molecule has 0 fully saturated rings. The van der Waals surface area contributed by atoms with Crippen molar-refractivity contribution in [3.63, 3.8) is 0 Å². The van der Waals surface area contributed by atoms with Gasteiger partial charge in [0.15, 0.2) is 0 Å². The van der Waals surface area contributed by atoms with Crippen LogP contribution in [-0.4, -0.2) is 0 Å². The third kappa shape index (κ3) is 4.11. The van der Waals surface area contributed by atoms with Crippen molar-refractivity contribution in [1.82, 2.24) is 0 Å². The van der Waals surface area contributed by atoms with Crippen molar-refractivity contribution in [2.75, 3.05) is 0 Å². The second-order valence-corrected chi connectivity index (χ2v) is 17.8. The van der Waals surface area contributed by atoms with Crippen molar-refractivity contribution in [1.29, 1.82) is 0 Å². The van der Waals surface area contributed by atoms with E-state index in [1.165, 1.54) is 98.4 Å². The number of fused-ring (bicyclic) bond motifs is 17. The van der Waals surface area contributed by atoms with Gasteiger partial charge in [-0.25, -0.2) is 0 Å². The van der Waals surface area contributed by atoms with Crippen LogP contribution in [0.1, 0.15) is 0 Å². The molecule has 0 spiro atoms.